The van der Waals surface area contributed by atoms with Crippen molar-refractivity contribution in [2.45, 2.75) is 6.54 Å². The number of aromatic nitrogens is 2. The molecule has 1 aromatic heterocycles. The van der Waals surface area contributed by atoms with E-state index in [1.54, 1.807) is 0 Å². The van der Waals surface area contributed by atoms with Crippen LogP contribution in [0.25, 0.3) is 0 Å². The summed E-state index contributed by atoms with van der Waals surface area (Å²) in [7, 11) is 0. The summed E-state index contributed by atoms with van der Waals surface area (Å²) in [5, 5.41) is 11.9. The smallest absolute Gasteiger partial charge is 0.254 e. The number of nitrogens with one attached hydrogen (secondary N) is 1. The van der Waals surface area contributed by atoms with Crippen molar-refractivity contribution in [3.63, 3.8) is 0 Å². The van der Waals surface area contributed by atoms with Gasteiger partial charge < -0.3 is 15.1 Å². The van der Waals surface area contributed by atoms with Gasteiger partial charge in [-0.25, -0.2) is 0 Å². The maximum atomic E-state index is 12.7. The molecule has 6 nitrogen and oxygen atoms in total. The van der Waals surface area contributed by atoms with Crippen LogP contribution in [0, 0.1) is 0 Å². The van der Waals surface area contributed by atoms with E-state index >= 15 is 0 Å². The minimum absolute atomic E-state index is 0.0671. The fraction of sp³-hybridized carbons (Fsp3) is 0.227. The number of amides is 1. The molecule has 0 saturated carbocycles. The molecule has 1 saturated heterocycles. The molecule has 0 bridgehead atoms. The van der Waals surface area contributed by atoms with E-state index < -0.39 is 0 Å². The molecule has 0 radical (unpaired) electrons. The SMILES string of the molecule is O=C(c1cccc(Br)c1)N1CCN(c2ccc(NCc3ccccc3)nn2)CC1. The number of hydrogen-bond donors (Lipinski definition) is 1. The highest BCUT2D eigenvalue weighted by Gasteiger charge is 2.23. The molecule has 1 aliphatic rings. The Kier molecular flexibility index (Phi) is 6.05. The molecule has 2 aromatic carbocycles. The molecule has 1 aliphatic heterocycles. The first-order valence-corrected chi connectivity index (χ1v) is 10.4. The van der Waals surface area contributed by atoms with Gasteiger partial charge in [-0.2, -0.15) is 0 Å². The van der Waals surface area contributed by atoms with Crippen molar-refractivity contribution in [3.05, 3.63) is 82.3 Å². The molecule has 3 aromatic rings. The molecular formula is C22H22BrN5O. The summed E-state index contributed by atoms with van der Waals surface area (Å²) in [6.07, 6.45) is 0. The first-order valence-electron chi connectivity index (χ1n) is 9.60. The predicted octanol–water partition coefficient (Wildman–Crippen LogP) is 3.81. The Morgan fingerprint density at radius 3 is 2.41 bits per heavy atom. The number of benzene rings is 2. The lowest BCUT2D eigenvalue weighted by Gasteiger charge is -2.35. The summed E-state index contributed by atoms with van der Waals surface area (Å²) in [5.41, 5.74) is 1.91. The maximum Gasteiger partial charge on any atom is 0.254 e. The zero-order valence-electron chi connectivity index (χ0n) is 16.0. The van der Waals surface area contributed by atoms with Gasteiger partial charge in [0, 0.05) is 42.8 Å². The number of rotatable bonds is 5. The van der Waals surface area contributed by atoms with Gasteiger partial charge in [-0.05, 0) is 35.9 Å². The number of piperazine rings is 1. The Morgan fingerprint density at radius 2 is 1.72 bits per heavy atom. The van der Waals surface area contributed by atoms with Crippen molar-refractivity contribution >= 4 is 33.5 Å². The Morgan fingerprint density at radius 1 is 0.931 bits per heavy atom. The van der Waals surface area contributed by atoms with Crippen molar-refractivity contribution in [3.8, 4) is 0 Å². The van der Waals surface area contributed by atoms with Crippen molar-refractivity contribution in [1.29, 1.82) is 0 Å². The van der Waals surface area contributed by atoms with Crippen molar-refractivity contribution in [2.75, 3.05) is 36.4 Å². The van der Waals surface area contributed by atoms with Gasteiger partial charge in [-0.3, -0.25) is 4.79 Å². The Hall–Kier alpha value is -2.93. The molecule has 1 amide bonds. The molecule has 148 valence electrons. The Bertz CT molecular complexity index is 956. The minimum Gasteiger partial charge on any atom is -0.365 e. The van der Waals surface area contributed by atoms with Crippen LogP contribution >= 0.6 is 15.9 Å². The van der Waals surface area contributed by atoms with Gasteiger partial charge >= 0.3 is 0 Å². The second-order valence-corrected chi connectivity index (χ2v) is 7.82. The van der Waals surface area contributed by atoms with E-state index in [0.717, 1.165) is 29.2 Å². The van der Waals surface area contributed by atoms with E-state index in [2.05, 4.69) is 48.5 Å². The van der Waals surface area contributed by atoms with Crippen LogP contribution in [-0.4, -0.2) is 47.2 Å². The summed E-state index contributed by atoms with van der Waals surface area (Å²) < 4.78 is 0.915. The summed E-state index contributed by atoms with van der Waals surface area (Å²) >= 11 is 3.43. The van der Waals surface area contributed by atoms with Crippen LogP contribution in [-0.2, 0) is 6.54 Å². The van der Waals surface area contributed by atoms with E-state index in [-0.39, 0.29) is 5.91 Å². The zero-order valence-corrected chi connectivity index (χ0v) is 17.5. The normalized spacial score (nSPS) is 14.0. The van der Waals surface area contributed by atoms with Gasteiger partial charge in [-0.15, -0.1) is 10.2 Å². The number of anilines is 2. The first-order chi connectivity index (χ1) is 14.2. The van der Waals surface area contributed by atoms with Crippen molar-refractivity contribution < 1.29 is 4.79 Å². The standard InChI is InChI=1S/C22H22BrN5O/c23-19-8-4-7-18(15-19)22(29)28-13-11-27(12-14-28)21-10-9-20(25-26-21)24-16-17-5-2-1-3-6-17/h1-10,15H,11-14,16H2,(H,24,25). The average Bonchev–Trinajstić information content (AvgIpc) is 2.78. The number of carbonyl (C=O) groups is 1. The van der Waals surface area contributed by atoms with Gasteiger partial charge in [0.2, 0.25) is 0 Å². The van der Waals surface area contributed by atoms with E-state index in [9.17, 15) is 4.79 Å². The number of nitrogens with zero attached hydrogens (tertiary/aromatic N) is 4. The van der Waals surface area contributed by atoms with Crippen LogP contribution in [0.1, 0.15) is 15.9 Å². The van der Waals surface area contributed by atoms with Gasteiger partial charge in [0.1, 0.15) is 5.82 Å². The molecule has 1 fully saturated rings. The topological polar surface area (TPSA) is 61.4 Å². The third kappa shape index (κ3) is 4.92. The van der Waals surface area contributed by atoms with E-state index in [1.165, 1.54) is 5.56 Å². The molecule has 29 heavy (non-hydrogen) atoms. The number of carbonyl (C=O) groups excluding carboxylic acids is 1. The highest BCUT2D eigenvalue weighted by molar-refractivity contribution is 9.10. The average molecular weight is 452 g/mol. The molecule has 0 unspecified atom stereocenters. The lowest BCUT2D eigenvalue weighted by Crippen LogP contribution is -2.49. The van der Waals surface area contributed by atoms with Crippen LogP contribution in [0.4, 0.5) is 11.6 Å². The molecule has 7 heteroatoms. The molecule has 2 heterocycles. The lowest BCUT2D eigenvalue weighted by molar-refractivity contribution is 0.0746. The van der Waals surface area contributed by atoms with Gasteiger partial charge in [0.15, 0.2) is 5.82 Å². The van der Waals surface area contributed by atoms with E-state index in [0.29, 0.717) is 25.2 Å². The highest BCUT2D eigenvalue weighted by atomic mass is 79.9. The monoisotopic (exact) mass is 451 g/mol. The zero-order chi connectivity index (χ0) is 20.1. The van der Waals surface area contributed by atoms with Crippen LogP contribution in [0.3, 0.4) is 0 Å². The van der Waals surface area contributed by atoms with Crippen LogP contribution in [0.15, 0.2) is 71.2 Å². The van der Waals surface area contributed by atoms with E-state index in [4.69, 9.17) is 0 Å². The van der Waals surface area contributed by atoms with Gasteiger partial charge in [-0.1, -0.05) is 52.3 Å². The third-order valence-electron chi connectivity index (χ3n) is 4.93. The fourth-order valence-corrected chi connectivity index (χ4v) is 3.72. The van der Waals surface area contributed by atoms with Crippen LogP contribution < -0.4 is 10.2 Å². The van der Waals surface area contributed by atoms with Crippen LogP contribution in [0.2, 0.25) is 0 Å². The highest BCUT2D eigenvalue weighted by Crippen LogP contribution is 2.18. The molecule has 0 spiro atoms. The summed E-state index contributed by atoms with van der Waals surface area (Å²) in [4.78, 5) is 16.7. The fourth-order valence-electron chi connectivity index (χ4n) is 3.32. The van der Waals surface area contributed by atoms with Gasteiger partial charge in [0.25, 0.3) is 5.91 Å². The molecule has 4 rings (SSSR count). The largest absolute Gasteiger partial charge is 0.365 e. The van der Waals surface area contributed by atoms with Crippen LogP contribution in [0.5, 0.6) is 0 Å². The van der Waals surface area contributed by atoms with Gasteiger partial charge in [0.05, 0.1) is 0 Å². The predicted molar refractivity (Wildman–Crippen MR) is 118 cm³/mol. The Labute approximate surface area is 178 Å². The minimum atomic E-state index is 0.0671. The Balaban J connectivity index is 1.31. The second-order valence-electron chi connectivity index (χ2n) is 6.91. The lowest BCUT2D eigenvalue weighted by atomic mass is 10.2. The van der Waals surface area contributed by atoms with Crippen molar-refractivity contribution in [1.82, 2.24) is 15.1 Å². The molecule has 0 aliphatic carbocycles. The summed E-state index contributed by atoms with van der Waals surface area (Å²) in [6, 6.07) is 21.6. The number of halogens is 1. The summed E-state index contributed by atoms with van der Waals surface area (Å²) in [6.45, 7) is 3.53. The quantitative estimate of drug-likeness (QED) is 0.638. The summed E-state index contributed by atoms with van der Waals surface area (Å²) in [5.74, 6) is 1.66. The molecule has 0 atom stereocenters. The third-order valence-corrected chi connectivity index (χ3v) is 5.42. The maximum absolute atomic E-state index is 12.7. The molecular weight excluding hydrogens is 430 g/mol. The van der Waals surface area contributed by atoms with Crippen molar-refractivity contribution in [2.24, 2.45) is 0 Å². The second kappa shape index (κ2) is 9.05. The first kappa shape index (κ1) is 19.4. The number of hydrogen-bond acceptors (Lipinski definition) is 5. The molecule has 1 N–H and O–H groups in total. The van der Waals surface area contributed by atoms with E-state index in [1.807, 2.05) is 59.5 Å².